The van der Waals surface area contributed by atoms with E-state index in [1.165, 1.54) is 0 Å². The molecule has 0 aliphatic carbocycles. The monoisotopic (exact) mass is 302 g/mol. The smallest absolute Gasteiger partial charge is 0.356 e. The molecule has 6 nitrogen and oxygen atoms in total. The van der Waals surface area contributed by atoms with E-state index in [0.29, 0.717) is 18.7 Å². The molecule has 1 aliphatic rings. The van der Waals surface area contributed by atoms with Crippen LogP contribution in [-0.4, -0.2) is 36.2 Å². The second kappa shape index (κ2) is 6.19. The standard InChI is InChI=1S/C16H18N2O4/c1-2-21-16(20)14-13(10-6-3-4-7-11(10)17-14)18-15(19)12-8-5-9-22-12/h3-4,6-7,12,17H,2,5,8-9H2,1H3,(H,18,19). The summed E-state index contributed by atoms with van der Waals surface area (Å²) >= 11 is 0. The molecule has 3 rings (SSSR count). The Morgan fingerprint density at radius 3 is 2.95 bits per heavy atom. The molecule has 1 atom stereocenters. The number of rotatable bonds is 4. The number of fused-ring (bicyclic) bond motifs is 1. The molecule has 0 radical (unpaired) electrons. The summed E-state index contributed by atoms with van der Waals surface area (Å²) < 4.78 is 10.4. The maximum absolute atomic E-state index is 12.3. The molecule has 6 heteroatoms. The van der Waals surface area contributed by atoms with Crippen molar-refractivity contribution < 1.29 is 19.1 Å². The average Bonchev–Trinajstić information content (AvgIpc) is 3.16. The molecule has 1 saturated heterocycles. The van der Waals surface area contributed by atoms with E-state index in [1.54, 1.807) is 6.92 Å². The normalized spacial score (nSPS) is 17.6. The Balaban J connectivity index is 1.96. The fourth-order valence-electron chi connectivity index (χ4n) is 2.62. The minimum atomic E-state index is -0.485. The van der Waals surface area contributed by atoms with Gasteiger partial charge in [0.15, 0.2) is 0 Å². The zero-order valence-electron chi connectivity index (χ0n) is 12.3. The number of hydrogen-bond donors (Lipinski definition) is 2. The lowest BCUT2D eigenvalue weighted by atomic mass is 10.2. The van der Waals surface area contributed by atoms with Crippen LogP contribution in [0.4, 0.5) is 5.69 Å². The molecule has 0 saturated carbocycles. The van der Waals surface area contributed by atoms with Crippen molar-refractivity contribution in [3.63, 3.8) is 0 Å². The van der Waals surface area contributed by atoms with E-state index in [2.05, 4.69) is 10.3 Å². The topological polar surface area (TPSA) is 80.4 Å². The van der Waals surface area contributed by atoms with Crippen molar-refractivity contribution in [2.75, 3.05) is 18.5 Å². The first-order chi connectivity index (χ1) is 10.7. The van der Waals surface area contributed by atoms with Crippen LogP contribution in [0.1, 0.15) is 30.3 Å². The van der Waals surface area contributed by atoms with E-state index >= 15 is 0 Å². The van der Waals surface area contributed by atoms with Crippen LogP contribution in [0.15, 0.2) is 24.3 Å². The van der Waals surface area contributed by atoms with E-state index in [4.69, 9.17) is 9.47 Å². The summed E-state index contributed by atoms with van der Waals surface area (Å²) in [6, 6.07) is 7.41. The lowest BCUT2D eigenvalue weighted by Crippen LogP contribution is -2.27. The molecule has 0 spiro atoms. The van der Waals surface area contributed by atoms with Gasteiger partial charge in [0.1, 0.15) is 11.8 Å². The Labute approximate surface area is 127 Å². The lowest BCUT2D eigenvalue weighted by molar-refractivity contribution is -0.124. The largest absolute Gasteiger partial charge is 0.461 e. The van der Waals surface area contributed by atoms with Gasteiger partial charge in [-0.25, -0.2) is 4.79 Å². The van der Waals surface area contributed by atoms with E-state index < -0.39 is 12.1 Å². The Hall–Kier alpha value is -2.34. The Kier molecular flexibility index (Phi) is 4.11. The second-order valence-corrected chi connectivity index (χ2v) is 5.13. The molecular formula is C16H18N2O4. The maximum Gasteiger partial charge on any atom is 0.356 e. The molecule has 2 N–H and O–H groups in total. The van der Waals surface area contributed by atoms with Crippen LogP contribution in [0.5, 0.6) is 0 Å². The summed E-state index contributed by atoms with van der Waals surface area (Å²) in [6.45, 7) is 2.61. The van der Waals surface area contributed by atoms with Gasteiger partial charge in [-0.2, -0.15) is 0 Å². The number of ether oxygens (including phenoxy) is 2. The summed E-state index contributed by atoms with van der Waals surface area (Å²) in [6.07, 6.45) is 1.11. The number of amides is 1. The van der Waals surface area contributed by atoms with Crippen LogP contribution in [0.25, 0.3) is 10.9 Å². The number of hydrogen-bond acceptors (Lipinski definition) is 4. The predicted octanol–water partition coefficient (Wildman–Crippen LogP) is 2.46. The van der Waals surface area contributed by atoms with Crippen molar-refractivity contribution in [2.24, 2.45) is 0 Å². The third kappa shape index (κ3) is 2.69. The number of benzene rings is 1. The van der Waals surface area contributed by atoms with Crippen molar-refractivity contribution in [1.82, 2.24) is 4.98 Å². The minimum Gasteiger partial charge on any atom is -0.461 e. The Morgan fingerprint density at radius 2 is 2.23 bits per heavy atom. The highest BCUT2D eigenvalue weighted by molar-refractivity contribution is 6.11. The van der Waals surface area contributed by atoms with Gasteiger partial charge in [-0.1, -0.05) is 18.2 Å². The van der Waals surface area contributed by atoms with Gasteiger partial charge in [-0.3, -0.25) is 4.79 Å². The average molecular weight is 302 g/mol. The molecule has 1 fully saturated rings. The lowest BCUT2D eigenvalue weighted by Gasteiger charge is -2.11. The van der Waals surface area contributed by atoms with Crippen molar-refractivity contribution in [3.8, 4) is 0 Å². The van der Waals surface area contributed by atoms with Gasteiger partial charge >= 0.3 is 5.97 Å². The first-order valence-electron chi connectivity index (χ1n) is 7.41. The Morgan fingerprint density at radius 1 is 1.41 bits per heavy atom. The summed E-state index contributed by atoms with van der Waals surface area (Å²) in [5.41, 5.74) is 1.48. The van der Waals surface area contributed by atoms with Crippen molar-refractivity contribution in [2.45, 2.75) is 25.9 Å². The molecule has 2 heterocycles. The van der Waals surface area contributed by atoms with Crippen LogP contribution >= 0.6 is 0 Å². The van der Waals surface area contributed by atoms with E-state index in [1.807, 2.05) is 24.3 Å². The highest BCUT2D eigenvalue weighted by Gasteiger charge is 2.27. The number of nitrogens with one attached hydrogen (secondary N) is 2. The van der Waals surface area contributed by atoms with Gasteiger partial charge in [0.05, 0.1) is 12.3 Å². The maximum atomic E-state index is 12.3. The second-order valence-electron chi connectivity index (χ2n) is 5.13. The molecule has 2 aromatic rings. The number of para-hydroxylation sites is 1. The molecule has 1 aromatic carbocycles. The third-order valence-electron chi connectivity index (χ3n) is 3.66. The van der Waals surface area contributed by atoms with Crippen LogP contribution in [0.2, 0.25) is 0 Å². The molecule has 0 bridgehead atoms. The zero-order valence-corrected chi connectivity index (χ0v) is 12.3. The quantitative estimate of drug-likeness (QED) is 0.850. The number of aromatic nitrogens is 1. The summed E-state index contributed by atoms with van der Waals surface area (Å²) in [5, 5.41) is 3.59. The fraction of sp³-hybridized carbons (Fsp3) is 0.375. The number of carbonyl (C=O) groups excluding carboxylic acids is 2. The SMILES string of the molecule is CCOC(=O)c1[nH]c2ccccc2c1NC(=O)C1CCCO1. The third-order valence-corrected chi connectivity index (χ3v) is 3.66. The number of carbonyl (C=O) groups is 2. The van der Waals surface area contributed by atoms with Crippen LogP contribution in [-0.2, 0) is 14.3 Å². The molecule has 22 heavy (non-hydrogen) atoms. The van der Waals surface area contributed by atoms with E-state index in [0.717, 1.165) is 17.3 Å². The van der Waals surface area contributed by atoms with Gasteiger partial charge in [0, 0.05) is 17.5 Å². The zero-order chi connectivity index (χ0) is 15.5. The van der Waals surface area contributed by atoms with Crippen LogP contribution in [0.3, 0.4) is 0 Å². The van der Waals surface area contributed by atoms with Crippen molar-refractivity contribution in [1.29, 1.82) is 0 Å². The van der Waals surface area contributed by atoms with Gasteiger partial charge in [-0.15, -0.1) is 0 Å². The Bertz CT molecular complexity index is 701. The van der Waals surface area contributed by atoms with Gasteiger partial charge in [-0.05, 0) is 25.8 Å². The van der Waals surface area contributed by atoms with Gasteiger partial charge in [0.2, 0.25) is 0 Å². The molecule has 116 valence electrons. The van der Waals surface area contributed by atoms with E-state index in [-0.39, 0.29) is 18.2 Å². The highest BCUT2D eigenvalue weighted by atomic mass is 16.5. The van der Waals surface area contributed by atoms with Gasteiger partial charge < -0.3 is 19.8 Å². The predicted molar refractivity (Wildman–Crippen MR) is 81.9 cm³/mol. The molecular weight excluding hydrogens is 284 g/mol. The van der Waals surface area contributed by atoms with Crippen LogP contribution < -0.4 is 5.32 Å². The molecule has 1 amide bonds. The highest BCUT2D eigenvalue weighted by Crippen LogP contribution is 2.29. The molecule has 1 aliphatic heterocycles. The number of H-pyrrole nitrogens is 1. The number of anilines is 1. The molecule has 1 aromatic heterocycles. The van der Waals surface area contributed by atoms with E-state index in [9.17, 15) is 9.59 Å². The number of esters is 1. The summed E-state index contributed by atoms with van der Waals surface area (Å²) in [4.78, 5) is 27.4. The first kappa shape index (κ1) is 14.6. The fourth-order valence-corrected chi connectivity index (χ4v) is 2.62. The number of aromatic amines is 1. The minimum absolute atomic E-state index is 0.229. The summed E-state index contributed by atoms with van der Waals surface area (Å²) in [5.74, 6) is -0.714. The first-order valence-corrected chi connectivity index (χ1v) is 7.41. The summed E-state index contributed by atoms with van der Waals surface area (Å²) in [7, 11) is 0. The molecule has 1 unspecified atom stereocenters. The van der Waals surface area contributed by atoms with Crippen molar-refractivity contribution >= 4 is 28.5 Å². The van der Waals surface area contributed by atoms with Crippen LogP contribution in [0, 0.1) is 0 Å². The van der Waals surface area contributed by atoms with Gasteiger partial charge in [0.25, 0.3) is 5.91 Å². The van der Waals surface area contributed by atoms with Crippen molar-refractivity contribution in [3.05, 3.63) is 30.0 Å².